The Balaban J connectivity index is 1.65. The molecule has 1 amide bonds. The summed E-state index contributed by atoms with van der Waals surface area (Å²) < 4.78 is 18.1. The topological polar surface area (TPSA) is 111 Å². The van der Waals surface area contributed by atoms with Gasteiger partial charge < -0.3 is 19.3 Å². The lowest BCUT2D eigenvalue weighted by Gasteiger charge is -2.24. The van der Waals surface area contributed by atoms with E-state index in [-0.39, 0.29) is 11.3 Å². The lowest BCUT2D eigenvalue weighted by Crippen LogP contribution is -2.29. The number of thiazole rings is 1. The van der Waals surface area contributed by atoms with Crippen LogP contribution >= 0.6 is 11.3 Å². The summed E-state index contributed by atoms with van der Waals surface area (Å²) in [7, 11) is 1.58. The van der Waals surface area contributed by atoms with Gasteiger partial charge in [-0.1, -0.05) is 37.2 Å². The number of rotatable bonds is 11. The standard InChI is InChI=1S/C31H31N3O6S/c1-4-6-7-16-40-23-11-8-20(17-24(23)39-5-2)27-26(28(35)19-12-14-32-15-13-19)29(36)30(37)34(27)31-33-22-10-9-21(38-3)18-25(22)41-31/h8-15,17-18,27,35H,4-7,16H2,1-3H3. The van der Waals surface area contributed by atoms with Crippen LogP contribution in [0.25, 0.3) is 16.0 Å². The summed E-state index contributed by atoms with van der Waals surface area (Å²) in [6.45, 7) is 4.94. The predicted molar refractivity (Wildman–Crippen MR) is 158 cm³/mol. The van der Waals surface area contributed by atoms with Crippen LogP contribution in [0.4, 0.5) is 5.13 Å². The van der Waals surface area contributed by atoms with E-state index in [1.807, 2.05) is 13.0 Å². The van der Waals surface area contributed by atoms with Crippen molar-refractivity contribution >= 4 is 44.1 Å². The summed E-state index contributed by atoms with van der Waals surface area (Å²) in [5.74, 6) is -0.165. The van der Waals surface area contributed by atoms with Gasteiger partial charge in [-0.2, -0.15) is 0 Å². The third-order valence-electron chi connectivity index (χ3n) is 6.78. The summed E-state index contributed by atoms with van der Waals surface area (Å²) in [6, 6.07) is 13.0. The Kier molecular flexibility index (Phi) is 8.49. The highest BCUT2D eigenvalue weighted by Crippen LogP contribution is 2.46. The fraction of sp³-hybridized carbons (Fsp3) is 0.290. The summed E-state index contributed by atoms with van der Waals surface area (Å²) in [4.78, 5) is 37.2. The maximum atomic E-state index is 13.6. The number of fused-ring (bicyclic) bond motifs is 1. The van der Waals surface area contributed by atoms with Gasteiger partial charge in [0.15, 0.2) is 16.6 Å². The molecule has 0 saturated carbocycles. The zero-order chi connectivity index (χ0) is 28.9. The van der Waals surface area contributed by atoms with E-state index in [1.54, 1.807) is 49.6 Å². The third-order valence-corrected chi connectivity index (χ3v) is 7.79. The first-order valence-corrected chi connectivity index (χ1v) is 14.3. The van der Waals surface area contributed by atoms with E-state index in [4.69, 9.17) is 14.2 Å². The molecule has 1 aliphatic rings. The van der Waals surface area contributed by atoms with Gasteiger partial charge in [0.1, 0.15) is 11.5 Å². The monoisotopic (exact) mass is 573 g/mol. The maximum absolute atomic E-state index is 13.6. The second-order valence-corrected chi connectivity index (χ2v) is 10.4. The summed E-state index contributed by atoms with van der Waals surface area (Å²) in [5.41, 5.74) is 1.56. The highest BCUT2D eigenvalue weighted by molar-refractivity contribution is 7.22. The molecule has 1 fully saturated rings. The molecular weight excluding hydrogens is 542 g/mol. The van der Waals surface area contributed by atoms with Crippen LogP contribution in [0.2, 0.25) is 0 Å². The lowest BCUT2D eigenvalue weighted by atomic mass is 9.95. The second kappa shape index (κ2) is 12.4. The Morgan fingerprint density at radius 2 is 1.80 bits per heavy atom. The highest BCUT2D eigenvalue weighted by Gasteiger charge is 2.48. The van der Waals surface area contributed by atoms with Gasteiger partial charge >= 0.3 is 5.91 Å². The molecule has 1 saturated heterocycles. The first-order valence-electron chi connectivity index (χ1n) is 13.5. The van der Waals surface area contributed by atoms with Crippen molar-refractivity contribution in [2.45, 2.75) is 39.2 Å². The van der Waals surface area contributed by atoms with Crippen molar-refractivity contribution < 1.29 is 28.9 Å². The number of methoxy groups -OCH3 is 1. The zero-order valence-corrected chi connectivity index (χ0v) is 23.9. The van der Waals surface area contributed by atoms with E-state index >= 15 is 0 Å². The summed E-state index contributed by atoms with van der Waals surface area (Å²) in [5, 5.41) is 11.7. The molecule has 212 valence electrons. The van der Waals surface area contributed by atoms with Gasteiger partial charge in [-0.05, 0) is 61.4 Å². The number of hydrogen-bond donors (Lipinski definition) is 1. The minimum atomic E-state index is -0.959. The number of hydrogen-bond acceptors (Lipinski definition) is 9. The molecule has 2 aromatic carbocycles. The Bertz CT molecular complexity index is 1600. The molecule has 2 aromatic heterocycles. The molecule has 0 aliphatic carbocycles. The summed E-state index contributed by atoms with van der Waals surface area (Å²) >= 11 is 1.26. The van der Waals surface area contributed by atoms with Crippen LogP contribution in [0.1, 0.15) is 50.3 Å². The smallest absolute Gasteiger partial charge is 0.301 e. The minimum absolute atomic E-state index is 0.0444. The van der Waals surface area contributed by atoms with Crippen LogP contribution in [0.15, 0.2) is 66.5 Å². The van der Waals surface area contributed by atoms with E-state index in [0.29, 0.717) is 52.2 Å². The average Bonchev–Trinajstić information content (AvgIpc) is 3.53. The largest absolute Gasteiger partial charge is 0.507 e. The van der Waals surface area contributed by atoms with Gasteiger partial charge in [0.25, 0.3) is 5.78 Å². The average molecular weight is 574 g/mol. The third kappa shape index (κ3) is 5.60. The predicted octanol–water partition coefficient (Wildman–Crippen LogP) is 6.29. The number of carbonyl (C=O) groups excluding carboxylic acids is 2. The number of pyridine rings is 1. The van der Waals surface area contributed by atoms with Gasteiger partial charge in [0.2, 0.25) is 0 Å². The fourth-order valence-electron chi connectivity index (χ4n) is 4.75. The van der Waals surface area contributed by atoms with E-state index in [2.05, 4.69) is 16.9 Å². The van der Waals surface area contributed by atoms with E-state index < -0.39 is 17.7 Å². The molecule has 1 N–H and O–H groups in total. The molecular formula is C31H31N3O6S. The maximum Gasteiger partial charge on any atom is 0.301 e. The number of anilines is 1. The van der Waals surface area contributed by atoms with Crippen LogP contribution in [0, 0.1) is 0 Å². The van der Waals surface area contributed by atoms with Crippen molar-refractivity contribution in [2.75, 3.05) is 25.2 Å². The molecule has 10 heteroatoms. The minimum Gasteiger partial charge on any atom is -0.507 e. The number of unbranched alkanes of at least 4 members (excludes halogenated alkanes) is 2. The van der Waals surface area contributed by atoms with Crippen molar-refractivity contribution in [1.82, 2.24) is 9.97 Å². The van der Waals surface area contributed by atoms with Gasteiger partial charge in [-0.25, -0.2) is 4.98 Å². The number of aliphatic hydroxyl groups is 1. The molecule has 9 nitrogen and oxygen atoms in total. The molecule has 1 unspecified atom stereocenters. The molecule has 0 bridgehead atoms. The van der Waals surface area contributed by atoms with Crippen molar-refractivity contribution in [3.63, 3.8) is 0 Å². The van der Waals surface area contributed by atoms with Gasteiger partial charge in [0, 0.05) is 18.0 Å². The number of carbonyl (C=O) groups is 2. The first-order chi connectivity index (χ1) is 20.0. The van der Waals surface area contributed by atoms with Crippen molar-refractivity contribution in [1.29, 1.82) is 0 Å². The fourth-order valence-corrected chi connectivity index (χ4v) is 5.77. The molecule has 0 radical (unpaired) electrons. The van der Waals surface area contributed by atoms with Crippen molar-refractivity contribution in [3.8, 4) is 17.2 Å². The number of amides is 1. The number of ether oxygens (including phenoxy) is 3. The molecule has 4 aromatic rings. The van der Waals surface area contributed by atoms with Crippen LogP contribution in [0.5, 0.6) is 17.2 Å². The highest BCUT2D eigenvalue weighted by atomic mass is 32.1. The Hall–Kier alpha value is -4.44. The molecule has 41 heavy (non-hydrogen) atoms. The quantitative estimate of drug-likeness (QED) is 0.0964. The first kappa shape index (κ1) is 28.1. The normalized spacial score (nSPS) is 16.4. The summed E-state index contributed by atoms with van der Waals surface area (Å²) in [6.07, 6.45) is 6.07. The molecule has 1 aliphatic heterocycles. The Morgan fingerprint density at radius 1 is 1.00 bits per heavy atom. The van der Waals surface area contributed by atoms with E-state index in [0.717, 1.165) is 24.0 Å². The molecule has 1 atom stereocenters. The van der Waals surface area contributed by atoms with E-state index in [9.17, 15) is 14.7 Å². The molecule has 3 heterocycles. The number of nitrogens with zero attached hydrogens (tertiary/aromatic N) is 3. The number of Topliss-reactive ketones (excluding diaryl/α,β-unsaturated/α-hetero) is 1. The van der Waals surface area contributed by atoms with E-state index in [1.165, 1.54) is 28.6 Å². The van der Waals surface area contributed by atoms with Crippen molar-refractivity contribution in [3.05, 3.63) is 77.6 Å². The van der Waals surface area contributed by atoms with Crippen LogP contribution < -0.4 is 19.1 Å². The van der Waals surface area contributed by atoms with Crippen LogP contribution in [-0.4, -0.2) is 47.1 Å². The van der Waals surface area contributed by atoms with Gasteiger partial charge in [0.05, 0.1) is 42.2 Å². The van der Waals surface area contributed by atoms with Gasteiger partial charge in [-0.15, -0.1) is 0 Å². The van der Waals surface area contributed by atoms with Crippen molar-refractivity contribution in [2.24, 2.45) is 0 Å². The lowest BCUT2D eigenvalue weighted by molar-refractivity contribution is -0.132. The number of benzene rings is 2. The number of ketones is 1. The van der Waals surface area contributed by atoms with Crippen LogP contribution in [0.3, 0.4) is 0 Å². The second-order valence-electron chi connectivity index (χ2n) is 9.43. The molecule has 5 rings (SSSR count). The molecule has 0 spiro atoms. The van der Waals surface area contributed by atoms with Crippen LogP contribution in [-0.2, 0) is 9.59 Å². The Labute approximate surface area is 242 Å². The SMILES string of the molecule is CCCCCOc1ccc(C2C(=C(O)c3ccncc3)C(=O)C(=O)N2c2nc3ccc(OC)cc3s2)cc1OCC. The zero-order valence-electron chi connectivity index (χ0n) is 23.1. The Morgan fingerprint density at radius 3 is 2.54 bits per heavy atom. The van der Waals surface area contributed by atoms with Gasteiger partial charge in [-0.3, -0.25) is 19.5 Å². The number of aliphatic hydroxyl groups excluding tert-OH is 1. The number of aromatic nitrogens is 2.